The second-order valence-electron chi connectivity index (χ2n) is 7.96. The molecule has 1 rings (SSSR count). The first-order chi connectivity index (χ1) is 12.0. The Bertz CT molecular complexity index is 361. The van der Waals surface area contributed by atoms with Crippen molar-refractivity contribution in [1.29, 1.82) is 0 Å². The standard InChI is InChI=1S/C21H41NO3/c1-4-5-6-7-8-9-10-11-12-13-14-15-20(24)19-16-22(18(3)23)17(2)21(19)25/h17,19-21,24-25H,4-16H2,1-3H3/t17-,19-,20-,21+/m1/s1. The molecule has 0 saturated carbocycles. The summed E-state index contributed by atoms with van der Waals surface area (Å²) in [4.78, 5) is 13.2. The predicted octanol–water partition coefficient (Wildman–Crippen LogP) is 4.28. The summed E-state index contributed by atoms with van der Waals surface area (Å²) in [5, 5.41) is 20.7. The molecule has 2 N–H and O–H groups in total. The molecule has 0 aromatic heterocycles. The summed E-state index contributed by atoms with van der Waals surface area (Å²) < 4.78 is 0. The molecule has 0 radical (unpaired) electrons. The second kappa shape index (κ2) is 12.7. The number of hydrogen-bond acceptors (Lipinski definition) is 3. The molecule has 1 amide bonds. The van der Waals surface area contributed by atoms with Gasteiger partial charge in [0.2, 0.25) is 5.91 Å². The lowest BCUT2D eigenvalue weighted by atomic mass is 9.92. The first-order valence-electron chi connectivity index (χ1n) is 10.6. The van der Waals surface area contributed by atoms with Gasteiger partial charge in [-0.05, 0) is 13.3 Å². The number of aliphatic hydroxyl groups excluding tert-OH is 2. The van der Waals surface area contributed by atoms with E-state index in [0.29, 0.717) is 6.54 Å². The summed E-state index contributed by atoms with van der Waals surface area (Å²) in [6.07, 6.45) is 13.9. The Hall–Kier alpha value is -0.610. The topological polar surface area (TPSA) is 60.8 Å². The lowest BCUT2D eigenvalue weighted by molar-refractivity contribution is -0.130. The van der Waals surface area contributed by atoms with E-state index in [1.54, 1.807) is 4.90 Å². The Kier molecular flexibility index (Phi) is 11.4. The fraction of sp³-hybridized carbons (Fsp3) is 0.952. The second-order valence-corrected chi connectivity index (χ2v) is 7.96. The first kappa shape index (κ1) is 22.4. The third kappa shape index (κ3) is 8.08. The number of aliphatic hydroxyl groups is 2. The summed E-state index contributed by atoms with van der Waals surface area (Å²) in [6, 6.07) is -0.186. The molecule has 1 fully saturated rings. The van der Waals surface area contributed by atoms with Crippen LogP contribution >= 0.6 is 0 Å². The largest absolute Gasteiger partial charge is 0.393 e. The van der Waals surface area contributed by atoms with Crippen LogP contribution in [0.2, 0.25) is 0 Å². The molecule has 0 aliphatic carbocycles. The Balaban J connectivity index is 2.04. The van der Waals surface area contributed by atoms with Crippen LogP contribution in [0.4, 0.5) is 0 Å². The molecule has 25 heavy (non-hydrogen) atoms. The van der Waals surface area contributed by atoms with E-state index in [2.05, 4.69) is 6.92 Å². The third-order valence-corrected chi connectivity index (χ3v) is 5.83. The Morgan fingerprint density at radius 2 is 1.48 bits per heavy atom. The van der Waals surface area contributed by atoms with Crippen LogP contribution in [0.15, 0.2) is 0 Å². The minimum Gasteiger partial charge on any atom is -0.393 e. The highest BCUT2D eigenvalue weighted by Crippen LogP contribution is 2.28. The molecule has 0 aromatic carbocycles. The average Bonchev–Trinajstić information content (AvgIpc) is 2.88. The van der Waals surface area contributed by atoms with Crippen LogP contribution in [-0.2, 0) is 4.79 Å². The molecule has 0 spiro atoms. The molecular weight excluding hydrogens is 314 g/mol. The highest BCUT2D eigenvalue weighted by Gasteiger charge is 2.42. The summed E-state index contributed by atoms with van der Waals surface area (Å²) in [5.41, 5.74) is 0. The molecule has 4 atom stereocenters. The van der Waals surface area contributed by atoms with Crippen molar-refractivity contribution >= 4 is 5.91 Å². The lowest BCUT2D eigenvalue weighted by Gasteiger charge is -2.21. The molecule has 1 saturated heterocycles. The maximum Gasteiger partial charge on any atom is 0.219 e. The number of carbonyl (C=O) groups excluding carboxylic acids is 1. The van der Waals surface area contributed by atoms with Crippen LogP contribution < -0.4 is 0 Å². The summed E-state index contributed by atoms with van der Waals surface area (Å²) >= 11 is 0. The fourth-order valence-electron chi connectivity index (χ4n) is 4.04. The van der Waals surface area contributed by atoms with E-state index in [1.165, 1.54) is 64.7 Å². The monoisotopic (exact) mass is 355 g/mol. The first-order valence-corrected chi connectivity index (χ1v) is 10.6. The SMILES string of the molecule is CCCCCCCCCCCCC[C@@H](O)[C@H]1CN(C(C)=O)[C@H](C)[C@@H]1O. The van der Waals surface area contributed by atoms with Gasteiger partial charge < -0.3 is 15.1 Å². The van der Waals surface area contributed by atoms with Crippen molar-refractivity contribution in [3.63, 3.8) is 0 Å². The van der Waals surface area contributed by atoms with Crippen LogP contribution in [0, 0.1) is 5.92 Å². The maximum atomic E-state index is 11.6. The quantitative estimate of drug-likeness (QED) is 0.485. The van der Waals surface area contributed by atoms with Crippen molar-refractivity contribution in [2.45, 2.75) is 116 Å². The Morgan fingerprint density at radius 3 is 1.92 bits per heavy atom. The van der Waals surface area contributed by atoms with Crippen molar-refractivity contribution in [3.05, 3.63) is 0 Å². The lowest BCUT2D eigenvalue weighted by Crippen LogP contribution is -2.36. The van der Waals surface area contributed by atoms with Gasteiger partial charge >= 0.3 is 0 Å². The Morgan fingerprint density at radius 1 is 1.00 bits per heavy atom. The number of hydrogen-bond donors (Lipinski definition) is 2. The van der Waals surface area contributed by atoms with E-state index < -0.39 is 12.2 Å². The summed E-state index contributed by atoms with van der Waals surface area (Å²) in [6.45, 7) is 6.13. The van der Waals surface area contributed by atoms with Gasteiger partial charge in [0.15, 0.2) is 0 Å². The van der Waals surface area contributed by atoms with Crippen LogP contribution in [0.3, 0.4) is 0 Å². The molecule has 1 heterocycles. The van der Waals surface area contributed by atoms with Crippen molar-refractivity contribution < 1.29 is 15.0 Å². The Labute approximate surface area is 155 Å². The van der Waals surface area contributed by atoms with Crippen LogP contribution in [0.1, 0.15) is 97.8 Å². The molecule has 4 nitrogen and oxygen atoms in total. The van der Waals surface area contributed by atoms with Gasteiger partial charge in [0, 0.05) is 19.4 Å². The third-order valence-electron chi connectivity index (χ3n) is 5.83. The van der Waals surface area contributed by atoms with Gasteiger partial charge in [-0.3, -0.25) is 4.79 Å². The number of rotatable bonds is 13. The molecule has 1 aliphatic rings. The number of carbonyl (C=O) groups is 1. The molecule has 0 aromatic rings. The molecule has 0 bridgehead atoms. The van der Waals surface area contributed by atoms with Gasteiger partial charge in [-0.2, -0.15) is 0 Å². The molecule has 148 valence electrons. The predicted molar refractivity (Wildman–Crippen MR) is 103 cm³/mol. The van der Waals surface area contributed by atoms with Crippen molar-refractivity contribution in [2.24, 2.45) is 5.92 Å². The number of nitrogens with zero attached hydrogens (tertiary/aromatic N) is 1. The van der Waals surface area contributed by atoms with Gasteiger partial charge in [0.1, 0.15) is 0 Å². The van der Waals surface area contributed by atoms with E-state index in [0.717, 1.165) is 19.3 Å². The van der Waals surface area contributed by atoms with Crippen LogP contribution in [0.5, 0.6) is 0 Å². The zero-order chi connectivity index (χ0) is 18.7. The van der Waals surface area contributed by atoms with E-state index in [9.17, 15) is 15.0 Å². The van der Waals surface area contributed by atoms with E-state index in [1.807, 2.05) is 6.92 Å². The number of likely N-dealkylation sites (tertiary alicyclic amines) is 1. The highest BCUT2D eigenvalue weighted by molar-refractivity contribution is 5.74. The van der Waals surface area contributed by atoms with Crippen molar-refractivity contribution in [2.75, 3.05) is 6.54 Å². The van der Waals surface area contributed by atoms with Crippen LogP contribution in [-0.4, -0.2) is 45.8 Å². The zero-order valence-electron chi connectivity index (χ0n) is 16.8. The summed E-state index contributed by atoms with van der Waals surface area (Å²) in [7, 11) is 0. The normalized spacial score (nSPS) is 24.7. The van der Waals surface area contributed by atoms with Gasteiger partial charge in [0.25, 0.3) is 0 Å². The molecular formula is C21H41NO3. The zero-order valence-corrected chi connectivity index (χ0v) is 16.8. The maximum absolute atomic E-state index is 11.6. The van der Waals surface area contributed by atoms with Crippen molar-refractivity contribution in [3.8, 4) is 0 Å². The van der Waals surface area contributed by atoms with Gasteiger partial charge in [-0.1, -0.05) is 77.6 Å². The molecule has 0 unspecified atom stereocenters. The highest BCUT2D eigenvalue weighted by atomic mass is 16.3. The van der Waals surface area contributed by atoms with Gasteiger partial charge in [-0.15, -0.1) is 0 Å². The fourth-order valence-corrected chi connectivity index (χ4v) is 4.04. The van der Waals surface area contributed by atoms with Crippen LogP contribution in [0.25, 0.3) is 0 Å². The molecule has 4 heteroatoms. The van der Waals surface area contributed by atoms with E-state index >= 15 is 0 Å². The molecule has 1 aliphatic heterocycles. The van der Waals surface area contributed by atoms with Crippen molar-refractivity contribution in [1.82, 2.24) is 4.90 Å². The summed E-state index contributed by atoms with van der Waals surface area (Å²) in [5.74, 6) is -0.210. The average molecular weight is 356 g/mol. The number of amides is 1. The van der Waals surface area contributed by atoms with E-state index in [-0.39, 0.29) is 17.9 Å². The smallest absolute Gasteiger partial charge is 0.219 e. The van der Waals surface area contributed by atoms with E-state index in [4.69, 9.17) is 0 Å². The number of unbranched alkanes of at least 4 members (excludes halogenated alkanes) is 10. The van der Waals surface area contributed by atoms with Gasteiger partial charge in [-0.25, -0.2) is 0 Å². The van der Waals surface area contributed by atoms with Gasteiger partial charge in [0.05, 0.1) is 18.2 Å². The minimum absolute atomic E-state index is 0.0176. The minimum atomic E-state index is -0.605.